The predicted molar refractivity (Wildman–Crippen MR) is 55.3 cm³/mol. The smallest absolute Gasteiger partial charge is 0.249 e. The largest absolute Gasteiger partial charge is 0.366 e. The highest BCUT2D eigenvalue weighted by Crippen LogP contribution is 2.21. The fourth-order valence-electron chi connectivity index (χ4n) is 0.735. The molecule has 0 spiro atoms. The van der Waals surface area contributed by atoms with Crippen LogP contribution in [0.15, 0.2) is 16.6 Å². The van der Waals surface area contributed by atoms with Crippen LogP contribution in [0.2, 0.25) is 0 Å². The first kappa shape index (κ1) is 9.91. The number of benzene rings is 1. The Balaban J connectivity index is 3.37. The third-order valence-electron chi connectivity index (χ3n) is 1.26. The standard InChI is InChI=1S/C7H4BrFINO/c8-3-1-4(7(11)12)6(10)5(9)2-3/h1-2H,(H2,11,12). The van der Waals surface area contributed by atoms with Gasteiger partial charge in [0.05, 0.1) is 9.13 Å². The molecule has 2 N–H and O–H groups in total. The number of nitrogens with two attached hydrogens (primary N) is 1. The van der Waals surface area contributed by atoms with Gasteiger partial charge in [-0.3, -0.25) is 4.79 Å². The third kappa shape index (κ3) is 1.95. The highest BCUT2D eigenvalue weighted by atomic mass is 127. The Labute approximate surface area is 90.6 Å². The maximum Gasteiger partial charge on any atom is 0.249 e. The zero-order valence-corrected chi connectivity index (χ0v) is 9.52. The van der Waals surface area contributed by atoms with E-state index in [-0.39, 0.29) is 9.13 Å². The van der Waals surface area contributed by atoms with Gasteiger partial charge in [0.15, 0.2) is 0 Å². The van der Waals surface area contributed by atoms with E-state index in [0.29, 0.717) is 4.47 Å². The highest BCUT2D eigenvalue weighted by molar-refractivity contribution is 14.1. The Hall–Kier alpha value is -0.170. The lowest BCUT2D eigenvalue weighted by atomic mass is 10.2. The van der Waals surface area contributed by atoms with Crippen LogP contribution >= 0.6 is 38.5 Å². The Morgan fingerprint density at radius 1 is 1.58 bits per heavy atom. The summed E-state index contributed by atoms with van der Waals surface area (Å²) in [6, 6.07) is 2.78. The summed E-state index contributed by atoms with van der Waals surface area (Å²) in [7, 11) is 0. The average molecular weight is 344 g/mol. The molecule has 64 valence electrons. The van der Waals surface area contributed by atoms with Gasteiger partial charge >= 0.3 is 0 Å². The molecule has 0 aliphatic heterocycles. The predicted octanol–water partition coefficient (Wildman–Crippen LogP) is 2.29. The Kier molecular flexibility index (Phi) is 3.05. The minimum atomic E-state index is -0.625. The summed E-state index contributed by atoms with van der Waals surface area (Å²) in [4.78, 5) is 10.8. The van der Waals surface area contributed by atoms with Crippen LogP contribution < -0.4 is 5.73 Å². The molecule has 0 aromatic heterocycles. The van der Waals surface area contributed by atoms with Gasteiger partial charge in [0, 0.05) is 4.47 Å². The fourth-order valence-corrected chi connectivity index (χ4v) is 1.74. The quantitative estimate of drug-likeness (QED) is 0.617. The van der Waals surface area contributed by atoms with E-state index in [1.165, 1.54) is 12.1 Å². The van der Waals surface area contributed by atoms with Crippen molar-refractivity contribution in [2.45, 2.75) is 0 Å². The van der Waals surface area contributed by atoms with E-state index in [4.69, 9.17) is 5.73 Å². The van der Waals surface area contributed by atoms with Crippen molar-refractivity contribution in [3.8, 4) is 0 Å². The molecule has 12 heavy (non-hydrogen) atoms. The molecule has 2 nitrogen and oxygen atoms in total. The molecule has 0 bridgehead atoms. The third-order valence-corrected chi connectivity index (χ3v) is 2.81. The van der Waals surface area contributed by atoms with Crippen LogP contribution in [0.5, 0.6) is 0 Å². The van der Waals surface area contributed by atoms with Crippen LogP contribution in [-0.2, 0) is 0 Å². The molecular formula is C7H4BrFINO. The molecule has 0 atom stereocenters. The molecule has 0 heterocycles. The first-order valence-electron chi connectivity index (χ1n) is 2.96. The van der Waals surface area contributed by atoms with E-state index < -0.39 is 11.7 Å². The van der Waals surface area contributed by atoms with Gasteiger partial charge in [-0.2, -0.15) is 0 Å². The number of carbonyl (C=O) groups excluding carboxylic acids is 1. The van der Waals surface area contributed by atoms with E-state index in [1.807, 2.05) is 0 Å². The van der Waals surface area contributed by atoms with Gasteiger partial charge in [-0.15, -0.1) is 0 Å². The summed E-state index contributed by atoms with van der Waals surface area (Å²) in [6.45, 7) is 0. The van der Waals surface area contributed by atoms with Gasteiger partial charge in [0.2, 0.25) is 5.91 Å². The van der Waals surface area contributed by atoms with E-state index in [2.05, 4.69) is 15.9 Å². The second-order valence-electron chi connectivity index (χ2n) is 2.11. The molecule has 0 fully saturated rings. The maximum absolute atomic E-state index is 13.0. The first-order valence-corrected chi connectivity index (χ1v) is 4.84. The van der Waals surface area contributed by atoms with Crippen LogP contribution in [0.3, 0.4) is 0 Å². The van der Waals surface area contributed by atoms with Gasteiger partial charge in [0.1, 0.15) is 5.82 Å². The summed E-state index contributed by atoms with van der Waals surface area (Å²) in [5.41, 5.74) is 5.22. The molecule has 5 heteroatoms. The van der Waals surface area contributed by atoms with Gasteiger partial charge in [0.25, 0.3) is 0 Å². The lowest BCUT2D eigenvalue weighted by molar-refractivity contribution is 0.0999. The van der Waals surface area contributed by atoms with Crippen molar-refractivity contribution in [2.75, 3.05) is 0 Å². The summed E-state index contributed by atoms with van der Waals surface area (Å²) < 4.78 is 13.7. The number of hydrogen-bond donors (Lipinski definition) is 1. The van der Waals surface area contributed by atoms with Crippen molar-refractivity contribution in [2.24, 2.45) is 5.73 Å². The number of halogens is 3. The van der Waals surface area contributed by atoms with Crippen molar-refractivity contribution in [1.29, 1.82) is 0 Å². The maximum atomic E-state index is 13.0. The monoisotopic (exact) mass is 343 g/mol. The number of rotatable bonds is 1. The molecule has 0 unspecified atom stereocenters. The molecule has 1 aromatic carbocycles. The minimum Gasteiger partial charge on any atom is -0.366 e. The minimum absolute atomic E-state index is 0.197. The van der Waals surface area contributed by atoms with Crippen molar-refractivity contribution in [1.82, 2.24) is 0 Å². The zero-order valence-electron chi connectivity index (χ0n) is 5.77. The lowest BCUT2D eigenvalue weighted by Gasteiger charge is -2.01. The summed E-state index contributed by atoms with van der Waals surface area (Å²) in [6.07, 6.45) is 0. The highest BCUT2D eigenvalue weighted by Gasteiger charge is 2.11. The molecule has 1 amide bonds. The Morgan fingerprint density at radius 3 is 2.67 bits per heavy atom. The summed E-state index contributed by atoms with van der Waals surface area (Å²) in [5, 5.41) is 0. The number of primary amides is 1. The number of carbonyl (C=O) groups is 1. The van der Waals surface area contributed by atoms with Crippen molar-refractivity contribution in [3.63, 3.8) is 0 Å². The van der Waals surface area contributed by atoms with E-state index >= 15 is 0 Å². The average Bonchev–Trinajstić information content (AvgIpc) is 1.96. The first-order chi connectivity index (χ1) is 5.52. The van der Waals surface area contributed by atoms with Crippen LogP contribution in [0.4, 0.5) is 4.39 Å². The Morgan fingerprint density at radius 2 is 2.17 bits per heavy atom. The molecule has 1 aromatic rings. The van der Waals surface area contributed by atoms with Gasteiger partial charge in [-0.05, 0) is 34.7 Å². The molecule has 0 radical (unpaired) electrons. The summed E-state index contributed by atoms with van der Waals surface area (Å²) >= 11 is 4.80. The number of amides is 1. The SMILES string of the molecule is NC(=O)c1cc(Br)cc(F)c1I. The normalized spacial score (nSPS) is 9.92. The fraction of sp³-hybridized carbons (Fsp3) is 0. The van der Waals surface area contributed by atoms with Gasteiger partial charge in [-0.1, -0.05) is 15.9 Å². The molecule has 1 rings (SSSR count). The molecule has 0 saturated heterocycles. The topological polar surface area (TPSA) is 43.1 Å². The van der Waals surface area contributed by atoms with Gasteiger partial charge in [-0.25, -0.2) is 4.39 Å². The van der Waals surface area contributed by atoms with Crippen LogP contribution in [0, 0.1) is 9.39 Å². The lowest BCUT2D eigenvalue weighted by Crippen LogP contribution is -2.13. The van der Waals surface area contributed by atoms with Crippen molar-refractivity contribution < 1.29 is 9.18 Å². The van der Waals surface area contributed by atoms with Crippen LogP contribution in [0.1, 0.15) is 10.4 Å². The molecular weight excluding hydrogens is 340 g/mol. The van der Waals surface area contributed by atoms with E-state index in [9.17, 15) is 9.18 Å². The number of hydrogen-bond acceptors (Lipinski definition) is 1. The molecule has 0 saturated carbocycles. The van der Waals surface area contributed by atoms with E-state index in [1.54, 1.807) is 22.6 Å². The molecule has 0 aliphatic carbocycles. The van der Waals surface area contributed by atoms with Crippen molar-refractivity contribution in [3.05, 3.63) is 31.6 Å². The van der Waals surface area contributed by atoms with Gasteiger partial charge < -0.3 is 5.73 Å². The van der Waals surface area contributed by atoms with Crippen LogP contribution in [-0.4, -0.2) is 5.91 Å². The van der Waals surface area contributed by atoms with Crippen LogP contribution in [0.25, 0.3) is 0 Å². The second kappa shape index (κ2) is 3.69. The summed E-state index contributed by atoms with van der Waals surface area (Å²) in [5.74, 6) is -1.07. The molecule has 0 aliphatic rings. The van der Waals surface area contributed by atoms with Crippen molar-refractivity contribution >= 4 is 44.4 Å². The second-order valence-corrected chi connectivity index (χ2v) is 4.11. The zero-order chi connectivity index (χ0) is 9.30. The van der Waals surface area contributed by atoms with E-state index in [0.717, 1.165) is 0 Å². The Bertz CT molecular complexity index is 342.